The van der Waals surface area contributed by atoms with E-state index in [1.807, 2.05) is 12.1 Å². The molecule has 1 saturated heterocycles. The van der Waals surface area contributed by atoms with Crippen molar-refractivity contribution in [3.8, 4) is 11.5 Å². The van der Waals surface area contributed by atoms with Gasteiger partial charge in [-0.25, -0.2) is 13.6 Å². The highest BCUT2D eigenvalue weighted by molar-refractivity contribution is 7.89. The van der Waals surface area contributed by atoms with Crippen molar-refractivity contribution in [2.45, 2.75) is 36.1 Å². The van der Waals surface area contributed by atoms with E-state index in [0.717, 1.165) is 29.9 Å². The Balaban J connectivity index is 1.42. The molecule has 0 radical (unpaired) electrons. The van der Waals surface area contributed by atoms with Gasteiger partial charge in [0.1, 0.15) is 0 Å². The third-order valence-corrected chi connectivity index (χ3v) is 6.95. The van der Waals surface area contributed by atoms with Crippen LogP contribution >= 0.6 is 0 Å². The van der Waals surface area contributed by atoms with Gasteiger partial charge in [0.25, 0.3) is 0 Å². The minimum absolute atomic E-state index is 0.00754. The van der Waals surface area contributed by atoms with Crippen molar-refractivity contribution < 1.29 is 27.4 Å². The van der Waals surface area contributed by atoms with Gasteiger partial charge >= 0.3 is 0 Å². The van der Waals surface area contributed by atoms with Crippen molar-refractivity contribution in [2.75, 3.05) is 31.9 Å². The number of amides is 1. The van der Waals surface area contributed by atoms with Crippen LogP contribution in [-0.4, -0.2) is 46.9 Å². The molecule has 2 aromatic carbocycles. The maximum atomic E-state index is 12.7. The highest BCUT2D eigenvalue weighted by atomic mass is 32.2. The number of anilines is 1. The van der Waals surface area contributed by atoms with E-state index in [2.05, 4.69) is 16.7 Å². The number of sulfonamides is 1. The maximum Gasteiger partial charge on any atom is 0.241 e. The van der Waals surface area contributed by atoms with Crippen LogP contribution in [0.4, 0.5) is 5.69 Å². The molecule has 172 valence electrons. The van der Waals surface area contributed by atoms with Crippen LogP contribution in [0.5, 0.6) is 11.5 Å². The predicted octanol–water partition coefficient (Wildman–Crippen LogP) is 1.73. The Morgan fingerprint density at radius 1 is 1.09 bits per heavy atom. The van der Waals surface area contributed by atoms with Crippen LogP contribution in [0.1, 0.15) is 25.3 Å². The Hall–Kier alpha value is -2.66. The molecule has 1 amide bonds. The highest BCUT2D eigenvalue weighted by Crippen LogP contribution is 2.40. The van der Waals surface area contributed by atoms with Crippen LogP contribution in [0.2, 0.25) is 0 Å². The zero-order valence-electron chi connectivity index (χ0n) is 17.8. The lowest BCUT2D eigenvalue weighted by atomic mass is 9.74. The number of primary sulfonamides is 1. The molecule has 4 rings (SSSR count). The number of fused-ring (bicyclic) bond motifs is 1. The van der Waals surface area contributed by atoms with Gasteiger partial charge in [0.05, 0.1) is 10.9 Å². The third kappa shape index (κ3) is 4.88. The van der Waals surface area contributed by atoms with E-state index in [1.165, 1.54) is 24.3 Å². The summed E-state index contributed by atoms with van der Waals surface area (Å²) >= 11 is 0. The maximum absolute atomic E-state index is 12.7. The smallest absolute Gasteiger partial charge is 0.241 e. The summed E-state index contributed by atoms with van der Waals surface area (Å²) in [7, 11) is -3.77. The molecular weight excluding hydrogens is 434 g/mol. The number of nitrogens with one attached hydrogen (secondary N) is 2. The number of hydrogen-bond donors (Lipinski definition) is 3. The number of hydrogen-bond acceptors (Lipinski definition) is 7. The zero-order chi connectivity index (χ0) is 22.8. The highest BCUT2D eigenvalue weighted by Gasteiger charge is 2.36. The largest absolute Gasteiger partial charge is 0.454 e. The average molecular weight is 462 g/mol. The Kier molecular flexibility index (Phi) is 6.38. The van der Waals surface area contributed by atoms with Crippen molar-refractivity contribution in [2.24, 2.45) is 5.14 Å². The van der Waals surface area contributed by atoms with Crippen molar-refractivity contribution >= 4 is 21.6 Å². The summed E-state index contributed by atoms with van der Waals surface area (Å²) in [6.45, 7) is 3.90. The van der Waals surface area contributed by atoms with Crippen LogP contribution in [0.15, 0.2) is 47.4 Å². The summed E-state index contributed by atoms with van der Waals surface area (Å²) in [4.78, 5) is 12.7. The van der Waals surface area contributed by atoms with Gasteiger partial charge < -0.3 is 24.8 Å². The van der Waals surface area contributed by atoms with Crippen molar-refractivity contribution in [3.63, 3.8) is 0 Å². The van der Waals surface area contributed by atoms with Crippen LogP contribution in [-0.2, 0) is 25.0 Å². The van der Waals surface area contributed by atoms with Crippen molar-refractivity contribution in [1.82, 2.24) is 5.32 Å². The normalized spacial score (nSPS) is 18.2. The zero-order valence-corrected chi connectivity index (χ0v) is 18.6. The summed E-state index contributed by atoms with van der Waals surface area (Å²) in [6.07, 6.45) is 1.64. The second-order valence-electron chi connectivity index (χ2n) is 8.12. The average Bonchev–Trinajstić information content (AvgIpc) is 3.26. The fraction of sp³-hybridized carbons (Fsp3) is 0.409. The van der Waals surface area contributed by atoms with E-state index >= 15 is 0 Å². The Morgan fingerprint density at radius 2 is 1.78 bits per heavy atom. The second kappa shape index (κ2) is 9.07. The molecule has 0 saturated carbocycles. The summed E-state index contributed by atoms with van der Waals surface area (Å²) in [6, 6.07) is 11.3. The molecule has 1 unspecified atom stereocenters. The first-order valence-corrected chi connectivity index (χ1v) is 12.0. The Bertz CT molecular complexity index is 1080. The number of nitrogens with two attached hydrogens (primary N) is 1. The van der Waals surface area contributed by atoms with Crippen molar-refractivity contribution in [1.29, 1.82) is 0 Å². The van der Waals surface area contributed by atoms with Gasteiger partial charge in [0.2, 0.25) is 22.7 Å². The summed E-state index contributed by atoms with van der Waals surface area (Å²) < 4.78 is 39.3. The van der Waals surface area contributed by atoms with E-state index in [4.69, 9.17) is 19.3 Å². The molecule has 2 aliphatic rings. The molecule has 0 aliphatic carbocycles. The van der Waals surface area contributed by atoms with Gasteiger partial charge in [-0.2, -0.15) is 0 Å². The topological polar surface area (TPSA) is 129 Å². The summed E-state index contributed by atoms with van der Waals surface area (Å²) in [5.41, 5.74) is 1.43. The molecule has 10 heteroatoms. The quantitative estimate of drug-likeness (QED) is 0.573. The molecular formula is C22H27N3O6S. The molecule has 0 bridgehead atoms. The number of carbonyl (C=O) groups is 1. The summed E-state index contributed by atoms with van der Waals surface area (Å²) in [5.74, 6) is 1.26. The van der Waals surface area contributed by atoms with Gasteiger partial charge in [-0.05, 0) is 61.7 Å². The molecule has 32 heavy (non-hydrogen) atoms. The van der Waals surface area contributed by atoms with Crippen LogP contribution in [0.3, 0.4) is 0 Å². The van der Waals surface area contributed by atoms with Gasteiger partial charge in [-0.1, -0.05) is 6.07 Å². The predicted molar refractivity (Wildman–Crippen MR) is 118 cm³/mol. The number of ether oxygens (including phenoxy) is 3. The third-order valence-electron chi connectivity index (χ3n) is 6.03. The van der Waals surface area contributed by atoms with Gasteiger partial charge in [0.15, 0.2) is 11.5 Å². The first kappa shape index (κ1) is 22.5. The lowest BCUT2D eigenvalue weighted by Gasteiger charge is -2.38. The first-order valence-electron chi connectivity index (χ1n) is 10.4. The molecule has 4 N–H and O–H groups in total. The first-order chi connectivity index (χ1) is 15.3. The van der Waals surface area contributed by atoms with E-state index in [1.54, 1.807) is 6.92 Å². The monoisotopic (exact) mass is 461 g/mol. The molecule has 2 aliphatic heterocycles. The van der Waals surface area contributed by atoms with E-state index in [0.29, 0.717) is 25.4 Å². The molecule has 0 spiro atoms. The van der Waals surface area contributed by atoms with E-state index in [-0.39, 0.29) is 23.0 Å². The molecule has 2 heterocycles. The second-order valence-corrected chi connectivity index (χ2v) is 9.68. The minimum atomic E-state index is -3.77. The number of carbonyl (C=O) groups excluding carboxylic acids is 1. The van der Waals surface area contributed by atoms with Crippen LogP contribution < -0.4 is 25.2 Å². The van der Waals surface area contributed by atoms with Crippen LogP contribution in [0.25, 0.3) is 0 Å². The number of rotatable bonds is 7. The van der Waals surface area contributed by atoms with E-state index in [9.17, 15) is 13.2 Å². The Morgan fingerprint density at radius 3 is 2.47 bits per heavy atom. The Labute approximate surface area is 187 Å². The fourth-order valence-electron chi connectivity index (χ4n) is 3.98. The fourth-order valence-corrected chi connectivity index (χ4v) is 4.49. The SMILES string of the molecule is CC(NCC1(c2ccc3c(c2)OCO3)CCOCC1)C(=O)Nc1ccc(S(N)(=O)=O)cc1. The van der Waals surface area contributed by atoms with Gasteiger partial charge in [-0.3, -0.25) is 4.79 Å². The standard InChI is InChI=1S/C22H27N3O6S/c1-15(21(26)25-17-3-5-18(6-4-17)32(23,27)28)24-13-22(8-10-29-11-9-22)16-2-7-19-20(12-16)31-14-30-19/h2-7,12,15,24H,8-11,13-14H2,1H3,(H,25,26)(H2,23,27,28). The van der Waals surface area contributed by atoms with Crippen molar-refractivity contribution in [3.05, 3.63) is 48.0 Å². The molecule has 2 aromatic rings. The molecule has 1 fully saturated rings. The number of benzene rings is 2. The summed E-state index contributed by atoms with van der Waals surface area (Å²) in [5, 5.41) is 11.3. The van der Waals surface area contributed by atoms with Crippen LogP contribution in [0, 0.1) is 0 Å². The minimum Gasteiger partial charge on any atom is -0.454 e. The van der Waals surface area contributed by atoms with E-state index < -0.39 is 16.1 Å². The molecule has 9 nitrogen and oxygen atoms in total. The lowest BCUT2D eigenvalue weighted by molar-refractivity contribution is -0.117. The van der Waals surface area contributed by atoms with Gasteiger partial charge in [-0.15, -0.1) is 0 Å². The molecule has 0 aromatic heterocycles. The molecule has 1 atom stereocenters. The van der Waals surface area contributed by atoms with Gasteiger partial charge in [0, 0.05) is 30.9 Å². The lowest BCUT2D eigenvalue weighted by Crippen LogP contribution is -2.48.